The van der Waals surface area contributed by atoms with Crippen LogP contribution in [0.4, 0.5) is 4.39 Å². The van der Waals surface area contributed by atoms with Crippen molar-refractivity contribution < 1.29 is 34.4 Å². The Morgan fingerprint density at radius 2 is 1.89 bits per heavy atom. The molecule has 0 amide bonds. The molecule has 0 aromatic carbocycles. The molecule has 0 aliphatic carbocycles. The summed E-state index contributed by atoms with van der Waals surface area (Å²) in [4.78, 5) is 15.6. The van der Waals surface area contributed by atoms with Crippen LogP contribution >= 0.6 is 0 Å². The fourth-order valence-corrected chi connectivity index (χ4v) is 0.981. The van der Waals surface area contributed by atoms with Gasteiger partial charge in [0.05, 0.1) is 12.8 Å². The third kappa shape index (κ3) is 6.58. The Kier molecular flexibility index (Phi) is 8.41. The minimum atomic E-state index is -2.11. The molecule has 8 heteroatoms. The largest absolute Gasteiger partial charge is 0.394 e. The highest BCUT2D eigenvalue weighted by Crippen LogP contribution is 2.06. The number of carbonyl (C=O) groups is 1. The minimum Gasteiger partial charge on any atom is -0.394 e. The van der Waals surface area contributed by atoms with Crippen molar-refractivity contribution in [1.82, 2.24) is 0 Å². The average Bonchev–Trinajstić information content (AvgIpc) is 2.39. The molecule has 112 valence electrons. The number of alkyl halides is 1. The van der Waals surface area contributed by atoms with Crippen LogP contribution in [-0.2, 0) is 9.63 Å². The van der Waals surface area contributed by atoms with Crippen LogP contribution in [0.25, 0.3) is 0 Å². The molecule has 0 aliphatic heterocycles. The number of aliphatic hydroxyl groups is 4. The number of halogens is 1. The summed E-state index contributed by atoms with van der Waals surface area (Å²) in [6, 6.07) is 0. The zero-order valence-corrected chi connectivity index (χ0v) is 10.8. The maximum Gasteiger partial charge on any atom is 0.175 e. The van der Waals surface area contributed by atoms with E-state index in [0.29, 0.717) is 6.21 Å². The molecule has 4 N–H and O–H groups in total. The first-order chi connectivity index (χ1) is 8.81. The molecule has 19 heavy (non-hydrogen) atoms. The highest BCUT2D eigenvalue weighted by Gasteiger charge is 2.30. The van der Waals surface area contributed by atoms with Gasteiger partial charge in [0.25, 0.3) is 0 Å². The van der Waals surface area contributed by atoms with Gasteiger partial charge in [0.15, 0.2) is 18.6 Å². The van der Waals surface area contributed by atoms with Crippen LogP contribution in [-0.4, -0.2) is 70.1 Å². The standard InChI is InChI=1S/C11H20FNO6/c1-6(2)9(16)5-19-13-3-7(12)10(17)11(18)8(15)4-14/h3,6-8,10-11,14-15,17-18H,4-5H2,1-2H3/b13-3+/i12-1. The van der Waals surface area contributed by atoms with Gasteiger partial charge in [-0.2, -0.15) is 0 Å². The fraction of sp³-hybridized carbons (Fsp3) is 0.818. The maximum atomic E-state index is 13.3. The molecule has 0 saturated carbocycles. The lowest BCUT2D eigenvalue weighted by molar-refractivity contribution is -0.126. The lowest BCUT2D eigenvalue weighted by Gasteiger charge is -2.22. The Morgan fingerprint density at radius 3 is 2.37 bits per heavy atom. The highest BCUT2D eigenvalue weighted by molar-refractivity contribution is 5.81. The second-order valence-corrected chi connectivity index (χ2v) is 4.32. The van der Waals surface area contributed by atoms with Crippen LogP contribution in [0.15, 0.2) is 5.16 Å². The molecule has 7 nitrogen and oxygen atoms in total. The maximum absolute atomic E-state index is 13.3. The smallest absolute Gasteiger partial charge is 0.175 e. The van der Waals surface area contributed by atoms with E-state index in [4.69, 9.17) is 10.2 Å². The van der Waals surface area contributed by atoms with Gasteiger partial charge in [0.1, 0.15) is 18.3 Å². The third-order valence-electron chi connectivity index (χ3n) is 2.39. The molecule has 0 aromatic rings. The van der Waals surface area contributed by atoms with Gasteiger partial charge in [-0.3, -0.25) is 4.79 Å². The van der Waals surface area contributed by atoms with Gasteiger partial charge in [-0.25, -0.2) is 4.39 Å². The number of rotatable bonds is 9. The van der Waals surface area contributed by atoms with E-state index in [-0.39, 0.29) is 18.3 Å². The second-order valence-electron chi connectivity index (χ2n) is 4.32. The van der Waals surface area contributed by atoms with Crippen molar-refractivity contribution >= 4 is 12.0 Å². The molecule has 4 unspecified atom stereocenters. The van der Waals surface area contributed by atoms with Crippen molar-refractivity contribution in [3.05, 3.63) is 0 Å². The van der Waals surface area contributed by atoms with Gasteiger partial charge in [0, 0.05) is 5.92 Å². The Morgan fingerprint density at radius 1 is 1.32 bits per heavy atom. The summed E-state index contributed by atoms with van der Waals surface area (Å²) < 4.78 is 13.3. The predicted molar refractivity (Wildman–Crippen MR) is 64.3 cm³/mol. The van der Waals surface area contributed by atoms with Crippen LogP contribution in [0.3, 0.4) is 0 Å². The monoisotopic (exact) mass is 280 g/mol. The minimum absolute atomic E-state index is 0.219. The van der Waals surface area contributed by atoms with Gasteiger partial charge in [-0.1, -0.05) is 19.0 Å². The number of aliphatic hydroxyl groups excluding tert-OH is 4. The highest BCUT2D eigenvalue weighted by atomic mass is 18.2. The molecule has 0 bridgehead atoms. The third-order valence-corrected chi connectivity index (χ3v) is 2.39. The summed E-state index contributed by atoms with van der Waals surface area (Å²) in [5, 5.41) is 39.2. The zero-order chi connectivity index (χ0) is 15.0. The lowest BCUT2D eigenvalue weighted by Crippen LogP contribution is -2.44. The molecule has 0 rings (SSSR count). The van der Waals surface area contributed by atoms with Gasteiger partial charge in [-0.15, -0.1) is 0 Å². The van der Waals surface area contributed by atoms with E-state index in [9.17, 15) is 19.4 Å². The molecule has 4 atom stereocenters. The summed E-state index contributed by atoms with van der Waals surface area (Å²) in [5.41, 5.74) is 0. The SMILES string of the molecule is CC(C)C(=O)CO/N=C/C([18F])C(O)C(O)C(O)CO. The van der Waals surface area contributed by atoms with Gasteiger partial charge < -0.3 is 25.3 Å². The Labute approximate surface area is 110 Å². The van der Waals surface area contributed by atoms with Crippen molar-refractivity contribution in [3.63, 3.8) is 0 Å². The van der Waals surface area contributed by atoms with Gasteiger partial charge in [-0.05, 0) is 0 Å². The summed E-state index contributed by atoms with van der Waals surface area (Å²) in [5.74, 6) is -0.452. The van der Waals surface area contributed by atoms with E-state index in [0.717, 1.165) is 0 Å². The average molecular weight is 280 g/mol. The van der Waals surface area contributed by atoms with Crippen LogP contribution < -0.4 is 0 Å². The topological polar surface area (TPSA) is 120 Å². The summed E-state index contributed by atoms with van der Waals surface area (Å²) in [6.07, 6.45) is -7.03. The number of nitrogens with zero attached hydrogens (tertiary/aromatic N) is 1. The molecule has 0 radical (unpaired) electrons. The van der Waals surface area contributed by atoms with Crippen LogP contribution in [0.2, 0.25) is 0 Å². The fourth-order valence-electron chi connectivity index (χ4n) is 0.981. The number of carbonyl (C=O) groups excluding carboxylic acids is 1. The molecule has 0 spiro atoms. The van der Waals surface area contributed by atoms with Crippen molar-refractivity contribution in [1.29, 1.82) is 0 Å². The van der Waals surface area contributed by atoms with E-state index in [1.54, 1.807) is 13.8 Å². The summed E-state index contributed by atoms with van der Waals surface area (Å²) >= 11 is 0. The Balaban J connectivity index is 4.15. The number of hydrogen-bond donors (Lipinski definition) is 4. The number of oxime groups is 1. The normalized spacial score (nSPS) is 18.3. The predicted octanol–water partition coefficient (Wildman–Crippen LogP) is -1.37. The quantitative estimate of drug-likeness (QED) is 0.305. The first-order valence-electron chi connectivity index (χ1n) is 5.78. The number of hydrogen-bond acceptors (Lipinski definition) is 7. The second kappa shape index (κ2) is 8.92. The molecular weight excluding hydrogens is 260 g/mol. The van der Waals surface area contributed by atoms with E-state index in [1.165, 1.54) is 0 Å². The lowest BCUT2D eigenvalue weighted by atomic mass is 10.1. The van der Waals surface area contributed by atoms with Crippen LogP contribution in [0, 0.1) is 5.92 Å². The molecule has 0 saturated heterocycles. The Hall–Kier alpha value is -1.09. The van der Waals surface area contributed by atoms with E-state index >= 15 is 0 Å². The Bertz CT molecular complexity index is 299. The summed E-state index contributed by atoms with van der Waals surface area (Å²) in [7, 11) is 0. The van der Waals surface area contributed by atoms with Crippen LogP contribution in [0.1, 0.15) is 13.8 Å². The molecule has 0 heterocycles. The van der Waals surface area contributed by atoms with Gasteiger partial charge >= 0.3 is 0 Å². The molecule has 0 fully saturated rings. The van der Waals surface area contributed by atoms with E-state index in [1.807, 2.05) is 0 Å². The van der Waals surface area contributed by atoms with Crippen LogP contribution in [0.5, 0.6) is 0 Å². The first kappa shape index (κ1) is 17.9. The van der Waals surface area contributed by atoms with Crippen molar-refractivity contribution in [2.45, 2.75) is 38.3 Å². The van der Waals surface area contributed by atoms with E-state index < -0.39 is 31.1 Å². The van der Waals surface area contributed by atoms with Gasteiger partial charge in [0.2, 0.25) is 0 Å². The molecule has 0 aliphatic rings. The number of ketones is 1. The van der Waals surface area contributed by atoms with Crippen molar-refractivity contribution in [2.75, 3.05) is 13.2 Å². The van der Waals surface area contributed by atoms with Crippen molar-refractivity contribution in [2.24, 2.45) is 11.1 Å². The first-order valence-corrected chi connectivity index (χ1v) is 5.78. The van der Waals surface area contributed by atoms with Crippen molar-refractivity contribution in [3.8, 4) is 0 Å². The summed E-state index contributed by atoms with van der Waals surface area (Å²) in [6.45, 7) is 2.20. The van der Waals surface area contributed by atoms with E-state index in [2.05, 4.69) is 9.99 Å². The molecule has 0 aromatic heterocycles. The zero-order valence-electron chi connectivity index (χ0n) is 10.8. The number of Topliss-reactive ketones (excluding diaryl/α,β-unsaturated/α-hetero) is 1. The molecular formula is C11H20FNO6.